The van der Waals surface area contributed by atoms with Crippen molar-refractivity contribution in [3.63, 3.8) is 0 Å². The van der Waals surface area contributed by atoms with Crippen molar-refractivity contribution in [2.24, 2.45) is 0 Å². The number of hydrogen-bond acceptors (Lipinski definition) is 6. The SMILES string of the molecule is CCCc1cc2n(c(=O)c1COC(=O)OC(=O)Cl)Cc1cc3ccccc3nc1-2. The van der Waals surface area contributed by atoms with Crippen LogP contribution in [-0.2, 0) is 29.0 Å². The van der Waals surface area contributed by atoms with Gasteiger partial charge in [-0.1, -0.05) is 31.5 Å². The second-order valence-electron chi connectivity index (χ2n) is 6.74. The van der Waals surface area contributed by atoms with E-state index in [2.05, 4.69) is 4.74 Å². The zero-order valence-electron chi connectivity index (χ0n) is 15.6. The van der Waals surface area contributed by atoms with Crippen LogP contribution < -0.4 is 5.56 Å². The van der Waals surface area contributed by atoms with Crippen molar-refractivity contribution < 1.29 is 19.1 Å². The Bertz CT molecular complexity index is 1200. The standard InChI is InChI=1S/C21H17ClN2O5/c1-2-5-12-9-17-18-14(8-13-6-3-4-7-16(13)23-18)10-24(17)19(25)15(12)11-28-21(27)29-20(22)26/h3-4,6-9H,2,5,10-11H2,1H3. The molecule has 1 aromatic carbocycles. The number of aromatic nitrogens is 2. The summed E-state index contributed by atoms with van der Waals surface area (Å²) >= 11 is 5.00. The average Bonchev–Trinajstić information content (AvgIpc) is 3.03. The van der Waals surface area contributed by atoms with Crippen molar-refractivity contribution >= 4 is 34.1 Å². The van der Waals surface area contributed by atoms with E-state index < -0.39 is 11.6 Å². The number of nitrogens with zero attached hydrogens (tertiary/aromatic N) is 2. The number of halogens is 1. The molecule has 0 bridgehead atoms. The maximum atomic E-state index is 13.2. The molecule has 0 spiro atoms. The first kappa shape index (κ1) is 19.1. The molecule has 3 heterocycles. The first-order valence-corrected chi connectivity index (χ1v) is 9.54. The van der Waals surface area contributed by atoms with Gasteiger partial charge in [0.1, 0.15) is 6.61 Å². The number of ether oxygens (including phenoxy) is 2. The molecule has 8 heteroatoms. The largest absolute Gasteiger partial charge is 0.517 e. The molecule has 0 unspecified atom stereocenters. The Balaban J connectivity index is 1.76. The Labute approximate surface area is 170 Å². The fourth-order valence-electron chi connectivity index (χ4n) is 3.64. The molecule has 29 heavy (non-hydrogen) atoms. The Hall–Kier alpha value is -3.19. The minimum atomic E-state index is -1.29. The van der Waals surface area contributed by atoms with Gasteiger partial charge < -0.3 is 14.0 Å². The van der Waals surface area contributed by atoms with Crippen LogP contribution in [0.5, 0.6) is 0 Å². The van der Waals surface area contributed by atoms with E-state index in [1.165, 1.54) is 0 Å². The highest BCUT2D eigenvalue weighted by Gasteiger charge is 2.25. The lowest BCUT2D eigenvalue weighted by molar-refractivity contribution is 0.0768. The molecule has 0 atom stereocenters. The number of carbonyl (C=O) groups is 2. The highest BCUT2D eigenvalue weighted by Crippen LogP contribution is 2.32. The van der Waals surface area contributed by atoms with Crippen LogP contribution >= 0.6 is 11.6 Å². The molecular weight excluding hydrogens is 396 g/mol. The van der Waals surface area contributed by atoms with Crippen LogP contribution in [0.4, 0.5) is 9.59 Å². The van der Waals surface area contributed by atoms with Crippen molar-refractivity contribution in [3.05, 3.63) is 63.4 Å². The van der Waals surface area contributed by atoms with Crippen molar-refractivity contribution in [1.29, 1.82) is 0 Å². The summed E-state index contributed by atoms with van der Waals surface area (Å²) in [7, 11) is 0. The van der Waals surface area contributed by atoms with Crippen molar-refractivity contribution in [2.75, 3.05) is 0 Å². The molecule has 0 N–H and O–H groups in total. The molecule has 7 nitrogen and oxygen atoms in total. The average molecular weight is 413 g/mol. The Morgan fingerprint density at radius 2 is 2.03 bits per heavy atom. The Kier molecular flexibility index (Phi) is 5.07. The van der Waals surface area contributed by atoms with Gasteiger partial charge in [0, 0.05) is 22.6 Å². The fraction of sp³-hybridized carbons (Fsp3) is 0.238. The van der Waals surface area contributed by atoms with Crippen LogP contribution in [0.3, 0.4) is 0 Å². The highest BCUT2D eigenvalue weighted by molar-refractivity contribution is 6.61. The van der Waals surface area contributed by atoms with Crippen molar-refractivity contribution in [2.45, 2.75) is 32.9 Å². The first-order chi connectivity index (χ1) is 14.0. The molecule has 4 rings (SSSR count). The van der Waals surface area contributed by atoms with E-state index in [0.29, 0.717) is 18.5 Å². The van der Waals surface area contributed by atoms with Gasteiger partial charge in [-0.05, 0) is 30.2 Å². The molecule has 0 amide bonds. The van der Waals surface area contributed by atoms with Crippen LogP contribution in [0.1, 0.15) is 30.0 Å². The lowest BCUT2D eigenvalue weighted by Crippen LogP contribution is -2.26. The summed E-state index contributed by atoms with van der Waals surface area (Å²) < 4.78 is 10.7. The van der Waals surface area contributed by atoms with Gasteiger partial charge in [-0.3, -0.25) is 4.79 Å². The van der Waals surface area contributed by atoms with Gasteiger partial charge in [-0.25, -0.2) is 14.6 Å². The number of rotatable bonds is 4. The summed E-state index contributed by atoms with van der Waals surface area (Å²) in [6.45, 7) is 2.09. The third kappa shape index (κ3) is 3.61. The minimum Gasteiger partial charge on any atom is -0.429 e. The zero-order chi connectivity index (χ0) is 20.5. The molecule has 1 aliphatic heterocycles. The van der Waals surface area contributed by atoms with E-state index >= 15 is 0 Å². The van der Waals surface area contributed by atoms with Crippen molar-refractivity contribution in [3.8, 4) is 11.4 Å². The summed E-state index contributed by atoms with van der Waals surface area (Å²) in [5, 5.41) is 1.01. The van der Waals surface area contributed by atoms with Crippen LogP contribution in [0.2, 0.25) is 0 Å². The normalized spacial score (nSPS) is 11.8. The molecule has 1 aliphatic rings. The summed E-state index contributed by atoms with van der Waals surface area (Å²) in [6.07, 6.45) is 0.195. The molecule has 0 saturated carbocycles. The Morgan fingerprint density at radius 3 is 2.79 bits per heavy atom. The summed E-state index contributed by atoms with van der Waals surface area (Å²) in [4.78, 5) is 40.1. The van der Waals surface area contributed by atoms with E-state index in [9.17, 15) is 14.4 Å². The number of para-hydroxylation sites is 1. The van der Waals surface area contributed by atoms with Gasteiger partial charge in [-0.15, -0.1) is 0 Å². The maximum absolute atomic E-state index is 13.2. The van der Waals surface area contributed by atoms with E-state index in [4.69, 9.17) is 21.3 Å². The number of benzene rings is 1. The van der Waals surface area contributed by atoms with Crippen molar-refractivity contribution in [1.82, 2.24) is 9.55 Å². The number of aryl methyl sites for hydroxylation is 1. The molecule has 0 saturated heterocycles. The quantitative estimate of drug-likeness (QED) is 0.280. The summed E-state index contributed by atoms with van der Waals surface area (Å²) in [5.41, 5.74) is 2.96. The van der Waals surface area contributed by atoms with E-state index in [1.807, 2.05) is 43.3 Å². The number of hydrogen-bond donors (Lipinski definition) is 0. The monoisotopic (exact) mass is 412 g/mol. The Morgan fingerprint density at radius 1 is 1.24 bits per heavy atom. The predicted octanol–water partition coefficient (Wildman–Crippen LogP) is 4.39. The highest BCUT2D eigenvalue weighted by atomic mass is 35.5. The van der Waals surface area contributed by atoms with Crippen LogP contribution in [-0.4, -0.2) is 21.1 Å². The van der Waals surface area contributed by atoms with E-state index in [1.54, 1.807) is 4.57 Å². The lowest BCUT2D eigenvalue weighted by atomic mass is 10.0. The van der Waals surface area contributed by atoms with Gasteiger partial charge in [0.15, 0.2) is 0 Å². The third-order valence-corrected chi connectivity index (χ3v) is 4.96. The molecule has 2 aromatic heterocycles. The fourth-order valence-corrected chi connectivity index (χ4v) is 3.70. The van der Waals surface area contributed by atoms with Gasteiger partial charge in [0.25, 0.3) is 5.56 Å². The van der Waals surface area contributed by atoms with Gasteiger partial charge in [0.2, 0.25) is 0 Å². The number of carbonyl (C=O) groups excluding carboxylic acids is 2. The molecule has 0 aliphatic carbocycles. The lowest BCUT2D eigenvalue weighted by Gasteiger charge is -2.13. The molecule has 0 fully saturated rings. The zero-order valence-corrected chi connectivity index (χ0v) is 16.4. The second-order valence-corrected chi connectivity index (χ2v) is 7.05. The summed E-state index contributed by atoms with van der Waals surface area (Å²) in [6, 6.07) is 11.8. The molecule has 148 valence electrons. The topological polar surface area (TPSA) is 87.5 Å². The molecular formula is C21H17ClN2O5. The maximum Gasteiger partial charge on any atom is 0.517 e. The number of pyridine rings is 2. The summed E-state index contributed by atoms with van der Waals surface area (Å²) in [5.74, 6) is 0. The smallest absolute Gasteiger partial charge is 0.429 e. The molecule has 0 radical (unpaired) electrons. The van der Waals surface area contributed by atoms with Crippen LogP contribution in [0, 0.1) is 0 Å². The van der Waals surface area contributed by atoms with Crippen LogP contribution in [0.15, 0.2) is 41.2 Å². The minimum absolute atomic E-state index is 0.252. The van der Waals surface area contributed by atoms with Gasteiger partial charge in [0.05, 0.1) is 29.0 Å². The first-order valence-electron chi connectivity index (χ1n) is 9.16. The third-order valence-electron chi connectivity index (χ3n) is 4.88. The van der Waals surface area contributed by atoms with Crippen LogP contribution in [0.25, 0.3) is 22.3 Å². The van der Waals surface area contributed by atoms with Gasteiger partial charge in [-0.2, -0.15) is 0 Å². The second kappa shape index (κ2) is 7.67. The predicted molar refractivity (Wildman–Crippen MR) is 107 cm³/mol. The van der Waals surface area contributed by atoms with Gasteiger partial charge >= 0.3 is 11.6 Å². The van der Waals surface area contributed by atoms with E-state index in [0.717, 1.165) is 39.8 Å². The number of fused-ring (bicyclic) bond motifs is 4. The van der Waals surface area contributed by atoms with E-state index in [-0.39, 0.29) is 12.2 Å². The molecule has 3 aromatic rings.